The monoisotopic (exact) mass is 252 g/mol. The minimum Gasteiger partial charge on any atom is -0.495 e. The topological polar surface area (TPSA) is 52.0 Å². The van der Waals surface area contributed by atoms with Gasteiger partial charge in [0.25, 0.3) is 0 Å². The van der Waals surface area contributed by atoms with E-state index in [2.05, 4.69) is 15.6 Å². The molecular formula is C11H13ClN4O. The lowest BCUT2D eigenvalue weighted by atomic mass is 10.3. The molecule has 17 heavy (non-hydrogen) atoms. The van der Waals surface area contributed by atoms with Crippen molar-refractivity contribution in [1.29, 1.82) is 0 Å². The number of ether oxygens (including phenoxy) is 1. The van der Waals surface area contributed by atoms with Gasteiger partial charge in [0.1, 0.15) is 5.75 Å². The average Bonchev–Trinajstić information content (AvgIpc) is 2.74. The van der Waals surface area contributed by atoms with Crippen molar-refractivity contribution in [2.24, 2.45) is 7.05 Å². The first-order valence-electron chi connectivity index (χ1n) is 5.11. The number of rotatable bonds is 4. The summed E-state index contributed by atoms with van der Waals surface area (Å²) in [5.41, 5.74) is 1.94. The highest BCUT2D eigenvalue weighted by molar-refractivity contribution is 6.32. The third-order valence-corrected chi connectivity index (χ3v) is 2.75. The van der Waals surface area contributed by atoms with Crippen LogP contribution < -0.4 is 10.1 Å². The summed E-state index contributed by atoms with van der Waals surface area (Å²) in [7, 11) is 3.45. The molecule has 1 N–H and O–H groups in total. The number of aryl methyl sites for hydroxylation is 1. The van der Waals surface area contributed by atoms with Gasteiger partial charge >= 0.3 is 0 Å². The van der Waals surface area contributed by atoms with Crippen LogP contribution in [-0.2, 0) is 13.6 Å². The van der Waals surface area contributed by atoms with Crippen LogP contribution in [0.25, 0.3) is 0 Å². The number of methoxy groups -OCH3 is 1. The number of nitrogens with one attached hydrogen (secondary N) is 1. The number of nitrogens with zero attached hydrogens (tertiary/aromatic N) is 3. The van der Waals surface area contributed by atoms with Gasteiger partial charge in [-0.15, -0.1) is 5.10 Å². The van der Waals surface area contributed by atoms with Crippen molar-refractivity contribution < 1.29 is 4.74 Å². The van der Waals surface area contributed by atoms with Gasteiger partial charge < -0.3 is 10.1 Å². The zero-order valence-electron chi connectivity index (χ0n) is 9.64. The normalized spacial score (nSPS) is 10.3. The first-order chi connectivity index (χ1) is 8.20. The third kappa shape index (κ3) is 2.68. The fourth-order valence-corrected chi connectivity index (χ4v) is 1.63. The summed E-state index contributed by atoms with van der Waals surface area (Å²) in [6, 6.07) is 5.55. The van der Waals surface area contributed by atoms with Crippen LogP contribution in [0.15, 0.2) is 24.4 Å². The molecule has 1 aromatic heterocycles. The Morgan fingerprint density at radius 2 is 2.29 bits per heavy atom. The van der Waals surface area contributed by atoms with E-state index in [0.29, 0.717) is 17.3 Å². The van der Waals surface area contributed by atoms with E-state index in [1.807, 2.05) is 19.2 Å². The molecule has 0 amide bonds. The van der Waals surface area contributed by atoms with E-state index in [9.17, 15) is 0 Å². The first kappa shape index (κ1) is 11.7. The number of hydrogen-bond acceptors (Lipinski definition) is 4. The SMILES string of the molecule is COc1cc(NCc2cnnn2C)ccc1Cl. The lowest BCUT2D eigenvalue weighted by molar-refractivity contribution is 0.415. The molecule has 0 saturated carbocycles. The van der Waals surface area contributed by atoms with Crippen LogP contribution in [0.1, 0.15) is 5.69 Å². The van der Waals surface area contributed by atoms with E-state index in [1.54, 1.807) is 24.1 Å². The summed E-state index contributed by atoms with van der Waals surface area (Å²) in [5.74, 6) is 0.653. The quantitative estimate of drug-likeness (QED) is 0.905. The highest BCUT2D eigenvalue weighted by atomic mass is 35.5. The number of anilines is 1. The maximum atomic E-state index is 5.94. The Kier molecular flexibility index (Phi) is 3.49. The number of aromatic nitrogens is 3. The van der Waals surface area contributed by atoms with Gasteiger partial charge in [0, 0.05) is 18.8 Å². The molecule has 0 aliphatic carbocycles. The van der Waals surface area contributed by atoms with Crippen molar-refractivity contribution in [3.05, 3.63) is 35.1 Å². The fraction of sp³-hybridized carbons (Fsp3) is 0.273. The van der Waals surface area contributed by atoms with E-state index >= 15 is 0 Å². The summed E-state index contributed by atoms with van der Waals surface area (Å²) >= 11 is 5.94. The second kappa shape index (κ2) is 5.05. The molecule has 2 aromatic rings. The molecule has 2 rings (SSSR count). The van der Waals surface area contributed by atoms with Crippen LogP contribution >= 0.6 is 11.6 Å². The lowest BCUT2D eigenvalue weighted by Gasteiger charge is -2.09. The zero-order valence-corrected chi connectivity index (χ0v) is 10.4. The van der Waals surface area contributed by atoms with Crippen molar-refractivity contribution in [2.45, 2.75) is 6.54 Å². The largest absolute Gasteiger partial charge is 0.495 e. The van der Waals surface area contributed by atoms with E-state index < -0.39 is 0 Å². The summed E-state index contributed by atoms with van der Waals surface area (Å²) in [6.07, 6.45) is 1.72. The van der Waals surface area contributed by atoms with Crippen LogP contribution in [0.3, 0.4) is 0 Å². The van der Waals surface area contributed by atoms with Gasteiger partial charge in [0.2, 0.25) is 0 Å². The van der Waals surface area contributed by atoms with Crippen molar-refractivity contribution in [2.75, 3.05) is 12.4 Å². The van der Waals surface area contributed by atoms with Crippen molar-refractivity contribution in [3.63, 3.8) is 0 Å². The summed E-state index contributed by atoms with van der Waals surface area (Å²) in [4.78, 5) is 0. The van der Waals surface area contributed by atoms with Gasteiger partial charge in [-0.3, -0.25) is 4.68 Å². The smallest absolute Gasteiger partial charge is 0.139 e. The van der Waals surface area contributed by atoms with E-state index in [4.69, 9.17) is 16.3 Å². The van der Waals surface area contributed by atoms with Gasteiger partial charge in [-0.05, 0) is 12.1 Å². The van der Waals surface area contributed by atoms with Gasteiger partial charge in [0.05, 0.1) is 30.6 Å². The molecule has 0 fully saturated rings. The molecule has 0 unspecified atom stereocenters. The second-order valence-corrected chi connectivity index (χ2v) is 3.96. The highest BCUT2D eigenvalue weighted by Gasteiger charge is 2.03. The molecule has 0 aliphatic rings. The molecule has 90 valence electrons. The molecule has 6 heteroatoms. The predicted octanol–water partition coefficient (Wildman–Crippen LogP) is 2.09. The molecule has 0 spiro atoms. The average molecular weight is 253 g/mol. The maximum Gasteiger partial charge on any atom is 0.139 e. The Balaban J connectivity index is 2.07. The molecule has 1 heterocycles. The molecule has 0 aliphatic heterocycles. The van der Waals surface area contributed by atoms with Gasteiger partial charge in [-0.1, -0.05) is 16.8 Å². The maximum absolute atomic E-state index is 5.94. The Labute approximate surface area is 104 Å². The van der Waals surface area contributed by atoms with E-state index in [0.717, 1.165) is 11.4 Å². The molecule has 5 nitrogen and oxygen atoms in total. The predicted molar refractivity (Wildman–Crippen MR) is 66.3 cm³/mol. The van der Waals surface area contributed by atoms with E-state index in [1.165, 1.54) is 0 Å². The van der Waals surface area contributed by atoms with E-state index in [-0.39, 0.29) is 0 Å². The van der Waals surface area contributed by atoms with Crippen molar-refractivity contribution in [1.82, 2.24) is 15.0 Å². The van der Waals surface area contributed by atoms with Crippen LogP contribution in [0.4, 0.5) is 5.69 Å². The zero-order chi connectivity index (χ0) is 12.3. The molecule has 0 radical (unpaired) electrons. The fourth-order valence-electron chi connectivity index (χ4n) is 1.43. The van der Waals surface area contributed by atoms with Crippen molar-refractivity contribution in [3.8, 4) is 5.75 Å². The Morgan fingerprint density at radius 1 is 1.47 bits per heavy atom. The van der Waals surface area contributed by atoms with Gasteiger partial charge in [-0.25, -0.2) is 0 Å². The number of halogens is 1. The molecule has 0 saturated heterocycles. The number of hydrogen-bond donors (Lipinski definition) is 1. The summed E-state index contributed by atoms with van der Waals surface area (Å²) in [5, 5.41) is 11.5. The Bertz CT molecular complexity index is 512. The summed E-state index contributed by atoms with van der Waals surface area (Å²) < 4.78 is 6.87. The van der Waals surface area contributed by atoms with Crippen LogP contribution in [0.5, 0.6) is 5.75 Å². The lowest BCUT2D eigenvalue weighted by Crippen LogP contribution is -2.05. The van der Waals surface area contributed by atoms with Gasteiger partial charge in [0.15, 0.2) is 0 Å². The van der Waals surface area contributed by atoms with Gasteiger partial charge in [-0.2, -0.15) is 0 Å². The summed E-state index contributed by atoms with van der Waals surface area (Å²) in [6.45, 7) is 0.647. The Hall–Kier alpha value is -1.75. The van der Waals surface area contributed by atoms with Crippen LogP contribution in [-0.4, -0.2) is 22.1 Å². The van der Waals surface area contributed by atoms with Crippen molar-refractivity contribution >= 4 is 17.3 Å². The van der Waals surface area contributed by atoms with Crippen LogP contribution in [0.2, 0.25) is 5.02 Å². The number of benzene rings is 1. The molecule has 0 bridgehead atoms. The Morgan fingerprint density at radius 3 is 2.94 bits per heavy atom. The molecular weight excluding hydrogens is 240 g/mol. The third-order valence-electron chi connectivity index (χ3n) is 2.43. The highest BCUT2D eigenvalue weighted by Crippen LogP contribution is 2.27. The minimum atomic E-state index is 0.597. The minimum absolute atomic E-state index is 0.597. The molecule has 0 atom stereocenters. The standard InChI is InChI=1S/C11H13ClN4O/c1-16-9(7-14-15-16)6-13-8-3-4-10(12)11(5-8)17-2/h3-5,7,13H,6H2,1-2H3. The van der Waals surface area contributed by atoms with Crippen LogP contribution in [0, 0.1) is 0 Å². The first-order valence-corrected chi connectivity index (χ1v) is 5.49. The molecule has 1 aromatic carbocycles. The second-order valence-electron chi connectivity index (χ2n) is 3.55.